The number of aliphatic imine (C=N–C) groups is 1. The van der Waals surface area contributed by atoms with E-state index in [-0.39, 0.29) is 5.54 Å². The van der Waals surface area contributed by atoms with Gasteiger partial charge in [0.05, 0.1) is 17.3 Å². The molecule has 9 heavy (non-hydrogen) atoms. The molecule has 0 N–H and O–H groups in total. The van der Waals surface area contributed by atoms with Crippen molar-refractivity contribution in [3.8, 4) is 0 Å². The molecule has 0 aromatic rings. The van der Waals surface area contributed by atoms with Gasteiger partial charge in [0.25, 0.3) is 0 Å². The van der Waals surface area contributed by atoms with Gasteiger partial charge in [0.1, 0.15) is 0 Å². The maximum atomic E-state index is 5.13. The summed E-state index contributed by atoms with van der Waals surface area (Å²) in [6.07, 6.45) is 0.969. The molecule has 0 bridgehead atoms. The van der Waals surface area contributed by atoms with Crippen LogP contribution < -0.4 is 0 Å². The monoisotopic (exact) mass is 143 g/mol. The van der Waals surface area contributed by atoms with Crippen LogP contribution >= 0.6 is 12.2 Å². The molecule has 1 aliphatic rings. The molecular formula is C6H9NOS. The van der Waals surface area contributed by atoms with Gasteiger partial charge in [0.2, 0.25) is 0 Å². The van der Waals surface area contributed by atoms with Crippen molar-refractivity contribution in [3.05, 3.63) is 0 Å². The van der Waals surface area contributed by atoms with E-state index in [1.54, 1.807) is 0 Å². The third-order valence-corrected chi connectivity index (χ3v) is 1.60. The first-order valence-corrected chi connectivity index (χ1v) is 3.34. The van der Waals surface area contributed by atoms with Crippen molar-refractivity contribution < 1.29 is 4.74 Å². The van der Waals surface area contributed by atoms with Crippen molar-refractivity contribution >= 4 is 17.4 Å². The smallest absolute Gasteiger partial charge is 0.0937 e. The Morgan fingerprint density at radius 2 is 2.56 bits per heavy atom. The van der Waals surface area contributed by atoms with Gasteiger partial charge >= 0.3 is 0 Å². The highest BCUT2D eigenvalue weighted by atomic mass is 32.1. The standard InChI is InChI=1S/C6H9NOS/c1-6(7-5-9)2-3-8-4-6/h2-4H2,1H3. The van der Waals surface area contributed by atoms with E-state index in [9.17, 15) is 0 Å². The molecule has 3 heteroatoms. The topological polar surface area (TPSA) is 21.6 Å². The summed E-state index contributed by atoms with van der Waals surface area (Å²) in [5.41, 5.74) is -0.0677. The predicted molar refractivity (Wildman–Crippen MR) is 38.9 cm³/mol. The Hall–Kier alpha value is -0.240. The first-order chi connectivity index (χ1) is 4.27. The van der Waals surface area contributed by atoms with E-state index in [1.807, 2.05) is 6.92 Å². The molecule has 1 aliphatic heterocycles. The Balaban J connectivity index is 2.61. The highest BCUT2D eigenvalue weighted by Gasteiger charge is 2.28. The zero-order valence-corrected chi connectivity index (χ0v) is 6.20. The first kappa shape index (κ1) is 6.87. The van der Waals surface area contributed by atoms with Crippen molar-refractivity contribution in [2.24, 2.45) is 4.99 Å². The van der Waals surface area contributed by atoms with E-state index in [0.29, 0.717) is 6.61 Å². The predicted octanol–water partition coefficient (Wildman–Crippen LogP) is 1.27. The van der Waals surface area contributed by atoms with Crippen molar-refractivity contribution in [2.75, 3.05) is 13.2 Å². The molecule has 1 rings (SSSR count). The van der Waals surface area contributed by atoms with Crippen LogP contribution in [0.1, 0.15) is 13.3 Å². The van der Waals surface area contributed by atoms with Crippen LogP contribution in [-0.2, 0) is 4.74 Å². The molecule has 1 fully saturated rings. The summed E-state index contributed by atoms with van der Waals surface area (Å²) in [5, 5.41) is 2.38. The van der Waals surface area contributed by atoms with Gasteiger partial charge < -0.3 is 4.74 Å². The van der Waals surface area contributed by atoms with Crippen LogP contribution in [0.4, 0.5) is 0 Å². The highest BCUT2D eigenvalue weighted by molar-refractivity contribution is 7.78. The van der Waals surface area contributed by atoms with Crippen LogP contribution in [0.25, 0.3) is 0 Å². The van der Waals surface area contributed by atoms with Crippen molar-refractivity contribution in [1.29, 1.82) is 0 Å². The Bertz CT molecular complexity index is 145. The lowest BCUT2D eigenvalue weighted by molar-refractivity contribution is 0.182. The maximum absolute atomic E-state index is 5.13. The molecule has 50 valence electrons. The van der Waals surface area contributed by atoms with Gasteiger partial charge in [0, 0.05) is 6.61 Å². The third kappa shape index (κ3) is 1.58. The number of isothiocyanates is 1. The summed E-state index contributed by atoms with van der Waals surface area (Å²) in [7, 11) is 0. The molecule has 0 amide bonds. The van der Waals surface area contributed by atoms with E-state index in [1.165, 1.54) is 0 Å². The van der Waals surface area contributed by atoms with Crippen LogP contribution in [0, 0.1) is 0 Å². The van der Waals surface area contributed by atoms with E-state index in [2.05, 4.69) is 22.4 Å². The molecule has 0 spiro atoms. The van der Waals surface area contributed by atoms with Crippen LogP contribution in [0.15, 0.2) is 4.99 Å². The number of nitrogens with zero attached hydrogens (tertiary/aromatic N) is 1. The quantitative estimate of drug-likeness (QED) is 0.407. The molecule has 0 aliphatic carbocycles. The Morgan fingerprint density at radius 1 is 1.78 bits per heavy atom. The average molecular weight is 143 g/mol. The molecule has 0 radical (unpaired) electrons. The summed E-state index contributed by atoms with van der Waals surface area (Å²) in [6, 6.07) is 0. The summed E-state index contributed by atoms with van der Waals surface area (Å²) in [5.74, 6) is 0. The number of hydrogen-bond donors (Lipinski definition) is 0. The second-order valence-electron chi connectivity index (χ2n) is 2.50. The lowest BCUT2D eigenvalue weighted by Crippen LogP contribution is -2.20. The van der Waals surface area contributed by atoms with Gasteiger partial charge in [-0.3, -0.25) is 0 Å². The molecule has 1 heterocycles. The second kappa shape index (κ2) is 2.56. The SMILES string of the molecule is CC1(N=C=S)CCOC1. The van der Waals surface area contributed by atoms with E-state index < -0.39 is 0 Å². The summed E-state index contributed by atoms with van der Waals surface area (Å²) >= 11 is 4.49. The van der Waals surface area contributed by atoms with E-state index >= 15 is 0 Å². The minimum absolute atomic E-state index is 0.0677. The van der Waals surface area contributed by atoms with E-state index in [4.69, 9.17) is 4.74 Å². The second-order valence-corrected chi connectivity index (χ2v) is 2.69. The lowest BCUT2D eigenvalue weighted by atomic mass is 10.0. The van der Waals surface area contributed by atoms with Gasteiger partial charge in [-0.1, -0.05) is 0 Å². The molecule has 0 aromatic heterocycles. The first-order valence-electron chi connectivity index (χ1n) is 2.94. The maximum Gasteiger partial charge on any atom is 0.0937 e. The van der Waals surface area contributed by atoms with Gasteiger partial charge in [-0.05, 0) is 25.6 Å². The number of thiocarbonyl (C=S) groups is 1. The fourth-order valence-corrected chi connectivity index (χ4v) is 1.08. The zero-order valence-electron chi connectivity index (χ0n) is 5.39. The van der Waals surface area contributed by atoms with Gasteiger partial charge in [-0.15, -0.1) is 0 Å². The van der Waals surface area contributed by atoms with Gasteiger partial charge in [-0.2, -0.15) is 0 Å². The van der Waals surface area contributed by atoms with Crippen molar-refractivity contribution in [2.45, 2.75) is 18.9 Å². The molecular weight excluding hydrogens is 134 g/mol. The number of rotatable bonds is 1. The lowest BCUT2D eigenvalue weighted by Gasteiger charge is -2.11. The number of hydrogen-bond acceptors (Lipinski definition) is 3. The minimum Gasteiger partial charge on any atom is -0.379 e. The van der Waals surface area contributed by atoms with Crippen molar-refractivity contribution in [3.63, 3.8) is 0 Å². The fourth-order valence-electron chi connectivity index (χ4n) is 0.855. The highest BCUT2D eigenvalue weighted by Crippen LogP contribution is 2.21. The Morgan fingerprint density at radius 3 is 3.00 bits per heavy atom. The van der Waals surface area contributed by atoms with Crippen LogP contribution in [0.3, 0.4) is 0 Å². The minimum atomic E-state index is -0.0677. The third-order valence-electron chi connectivity index (χ3n) is 1.51. The van der Waals surface area contributed by atoms with Crippen LogP contribution in [-0.4, -0.2) is 23.9 Å². The molecule has 1 unspecified atom stereocenters. The van der Waals surface area contributed by atoms with Crippen molar-refractivity contribution in [1.82, 2.24) is 0 Å². The molecule has 1 saturated heterocycles. The fraction of sp³-hybridized carbons (Fsp3) is 0.833. The normalized spacial score (nSPS) is 33.9. The number of ether oxygens (including phenoxy) is 1. The molecule has 2 nitrogen and oxygen atoms in total. The molecule has 0 aromatic carbocycles. The largest absolute Gasteiger partial charge is 0.379 e. The Labute approximate surface area is 59.9 Å². The van der Waals surface area contributed by atoms with E-state index in [0.717, 1.165) is 13.0 Å². The van der Waals surface area contributed by atoms with Crippen LogP contribution in [0.5, 0.6) is 0 Å². The van der Waals surface area contributed by atoms with Gasteiger partial charge in [0.15, 0.2) is 0 Å². The average Bonchev–Trinajstić information content (AvgIpc) is 2.16. The molecule has 1 atom stereocenters. The molecule has 0 saturated carbocycles. The Kier molecular flexibility index (Phi) is 1.96. The summed E-state index contributed by atoms with van der Waals surface area (Å²) in [4.78, 5) is 4.00. The van der Waals surface area contributed by atoms with Crippen LogP contribution in [0.2, 0.25) is 0 Å². The van der Waals surface area contributed by atoms with Gasteiger partial charge in [-0.25, -0.2) is 4.99 Å². The summed E-state index contributed by atoms with van der Waals surface area (Å²) < 4.78 is 5.13. The summed E-state index contributed by atoms with van der Waals surface area (Å²) in [6.45, 7) is 3.52. The zero-order chi connectivity index (χ0) is 6.74.